The van der Waals surface area contributed by atoms with E-state index >= 15 is 0 Å². The van der Waals surface area contributed by atoms with E-state index in [1.807, 2.05) is 0 Å². The van der Waals surface area contributed by atoms with Crippen LogP contribution < -0.4 is 9.67 Å². The van der Waals surface area contributed by atoms with Gasteiger partial charge in [-0.1, -0.05) is 0 Å². The van der Waals surface area contributed by atoms with E-state index in [2.05, 4.69) is 22.2 Å². The first kappa shape index (κ1) is 15.5. The molecule has 0 atom stereocenters. The number of nitrogens with zero attached hydrogens (tertiary/aromatic N) is 2. The van der Waals surface area contributed by atoms with Gasteiger partial charge in [-0.05, 0) is 0 Å². The Balaban J connectivity index is 1.82. The molecule has 1 aromatic rings. The molecule has 0 radical (unpaired) electrons. The topological polar surface area (TPSA) is 76.0 Å². The molecule has 1 heterocycles. The Hall–Kier alpha value is -0.912. The molecule has 110 valence electrons. The Morgan fingerprint density at radius 2 is 1.80 bits per heavy atom. The first-order valence-corrected chi connectivity index (χ1v) is 9.15. The molecular formula is C13H20AsN3O3. The first-order chi connectivity index (χ1) is 9.54. The van der Waals surface area contributed by atoms with Crippen LogP contribution in [0.3, 0.4) is 0 Å². The number of rotatable bonds is 4. The summed E-state index contributed by atoms with van der Waals surface area (Å²) >= 11 is -2.81. The second-order valence-corrected chi connectivity index (χ2v) is 7.26. The number of anilines is 1. The zero-order valence-corrected chi connectivity index (χ0v) is 13.4. The third kappa shape index (κ3) is 4.58. The number of piperazine rings is 1. The molecule has 0 saturated carbocycles. The van der Waals surface area contributed by atoms with Gasteiger partial charge in [0.1, 0.15) is 0 Å². The van der Waals surface area contributed by atoms with Crippen molar-refractivity contribution >= 4 is 31.3 Å². The summed E-state index contributed by atoms with van der Waals surface area (Å²) in [6, 6.07) is 6.69. The number of carbonyl (C=O) groups is 1. The molecule has 0 bridgehead atoms. The van der Waals surface area contributed by atoms with Crippen LogP contribution in [-0.2, 0) is 4.79 Å². The molecule has 1 aromatic carbocycles. The van der Waals surface area contributed by atoms with Gasteiger partial charge in [-0.25, -0.2) is 0 Å². The number of benzene rings is 1. The molecular weight excluding hydrogens is 321 g/mol. The van der Waals surface area contributed by atoms with Gasteiger partial charge in [-0.2, -0.15) is 0 Å². The zero-order valence-electron chi connectivity index (χ0n) is 11.5. The van der Waals surface area contributed by atoms with Crippen molar-refractivity contribution in [2.45, 2.75) is 0 Å². The number of hydrogen-bond donors (Lipinski definition) is 3. The Bertz CT molecular complexity index is 445. The van der Waals surface area contributed by atoms with E-state index in [0.717, 1.165) is 26.2 Å². The second-order valence-electron chi connectivity index (χ2n) is 4.96. The summed E-state index contributed by atoms with van der Waals surface area (Å²) in [5.41, 5.74) is 0.684. The van der Waals surface area contributed by atoms with Gasteiger partial charge >= 0.3 is 123 Å². The summed E-state index contributed by atoms with van der Waals surface area (Å²) in [5.74, 6) is -0.0373. The third-order valence-electron chi connectivity index (χ3n) is 3.35. The van der Waals surface area contributed by atoms with Gasteiger partial charge in [-0.15, -0.1) is 0 Å². The normalized spacial score (nSPS) is 17.4. The molecule has 7 heteroatoms. The number of nitrogens with one attached hydrogen (secondary N) is 1. The summed E-state index contributed by atoms with van der Waals surface area (Å²) in [6.45, 7) is 4.19. The van der Waals surface area contributed by atoms with E-state index in [4.69, 9.17) is 8.19 Å². The minimum atomic E-state index is -2.81. The zero-order chi connectivity index (χ0) is 14.5. The molecule has 2 rings (SSSR count). The summed E-state index contributed by atoms with van der Waals surface area (Å²) < 4.78 is 18.8. The summed E-state index contributed by atoms with van der Waals surface area (Å²) in [7, 11) is 2.08. The number of likely N-dealkylation sites (N-methyl/N-ethyl adjacent to an activating group) is 1. The maximum atomic E-state index is 11.9. The number of hydrogen-bond acceptors (Lipinski definition) is 5. The van der Waals surface area contributed by atoms with E-state index < -0.39 is 15.3 Å². The molecule has 0 spiro atoms. The Labute approximate surface area is 124 Å². The molecule has 1 fully saturated rings. The van der Waals surface area contributed by atoms with Crippen LogP contribution in [0.15, 0.2) is 24.3 Å². The SMILES string of the molecule is CN1CCN(CC(=O)Nc2ccc([As](O)O)cc2)CC1. The van der Waals surface area contributed by atoms with Gasteiger partial charge in [0, 0.05) is 0 Å². The molecule has 1 aliphatic heterocycles. The van der Waals surface area contributed by atoms with Crippen molar-refractivity contribution in [2.75, 3.05) is 45.1 Å². The second kappa shape index (κ2) is 7.20. The van der Waals surface area contributed by atoms with Gasteiger partial charge < -0.3 is 0 Å². The van der Waals surface area contributed by atoms with E-state index in [1.54, 1.807) is 24.3 Å². The van der Waals surface area contributed by atoms with Crippen LogP contribution in [0.1, 0.15) is 0 Å². The summed E-state index contributed by atoms with van der Waals surface area (Å²) in [4.78, 5) is 16.3. The maximum absolute atomic E-state index is 11.9. The monoisotopic (exact) mass is 341 g/mol. The quantitative estimate of drug-likeness (QED) is 0.585. The van der Waals surface area contributed by atoms with Crippen LogP contribution in [0, 0.1) is 0 Å². The van der Waals surface area contributed by atoms with Crippen molar-refractivity contribution in [3.05, 3.63) is 24.3 Å². The van der Waals surface area contributed by atoms with E-state index in [-0.39, 0.29) is 5.91 Å². The third-order valence-corrected chi connectivity index (χ3v) is 4.94. The standard InChI is InChI=1S/C13H20AsN3O3/c1-16-6-8-17(9-7-16)10-13(18)15-12-4-2-11(3-5-12)14(19)20/h2-5,19-20H,6-10H2,1H3,(H,15,18). The van der Waals surface area contributed by atoms with Gasteiger partial charge in [0.2, 0.25) is 0 Å². The molecule has 0 unspecified atom stereocenters. The van der Waals surface area contributed by atoms with Crippen LogP contribution in [0.25, 0.3) is 0 Å². The van der Waals surface area contributed by atoms with Crippen molar-refractivity contribution in [3.63, 3.8) is 0 Å². The van der Waals surface area contributed by atoms with Gasteiger partial charge in [0.15, 0.2) is 0 Å². The predicted octanol–water partition coefficient (Wildman–Crippen LogP) is -1.45. The van der Waals surface area contributed by atoms with Crippen molar-refractivity contribution in [3.8, 4) is 0 Å². The summed E-state index contributed by atoms with van der Waals surface area (Å²) in [5, 5.41) is 2.83. The molecule has 3 N–H and O–H groups in total. The first-order valence-electron chi connectivity index (χ1n) is 6.53. The predicted molar refractivity (Wildman–Crippen MR) is 78.8 cm³/mol. The minimum absolute atomic E-state index is 0.0373. The van der Waals surface area contributed by atoms with Gasteiger partial charge in [0.25, 0.3) is 0 Å². The Morgan fingerprint density at radius 3 is 2.35 bits per heavy atom. The fourth-order valence-electron chi connectivity index (χ4n) is 2.09. The van der Waals surface area contributed by atoms with Gasteiger partial charge in [0.05, 0.1) is 0 Å². The molecule has 0 aliphatic carbocycles. The van der Waals surface area contributed by atoms with E-state index in [0.29, 0.717) is 16.6 Å². The van der Waals surface area contributed by atoms with Crippen LogP contribution in [-0.4, -0.2) is 79.0 Å². The Morgan fingerprint density at radius 1 is 1.20 bits per heavy atom. The average molecular weight is 341 g/mol. The van der Waals surface area contributed by atoms with E-state index in [1.165, 1.54) is 0 Å². The number of amides is 1. The van der Waals surface area contributed by atoms with Crippen LogP contribution in [0.5, 0.6) is 0 Å². The summed E-state index contributed by atoms with van der Waals surface area (Å²) in [6.07, 6.45) is 0. The van der Waals surface area contributed by atoms with Crippen LogP contribution >= 0.6 is 0 Å². The van der Waals surface area contributed by atoms with Crippen molar-refractivity contribution in [1.29, 1.82) is 0 Å². The fourth-order valence-corrected chi connectivity index (χ4v) is 2.96. The van der Waals surface area contributed by atoms with Gasteiger partial charge in [-0.3, -0.25) is 0 Å². The van der Waals surface area contributed by atoms with Crippen LogP contribution in [0.2, 0.25) is 0 Å². The van der Waals surface area contributed by atoms with Crippen LogP contribution in [0.4, 0.5) is 5.69 Å². The fraction of sp³-hybridized carbons (Fsp3) is 0.462. The Kier molecular flexibility index (Phi) is 5.57. The van der Waals surface area contributed by atoms with Crippen molar-refractivity contribution in [2.24, 2.45) is 0 Å². The molecule has 20 heavy (non-hydrogen) atoms. The molecule has 0 aromatic heterocycles. The van der Waals surface area contributed by atoms with E-state index in [9.17, 15) is 4.79 Å². The molecule has 1 aliphatic rings. The molecule has 1 amide bonds. The molecule has 1 saturated heterocycles. The number of carbonyl (C=O) groups excluding carboxylic acids is 1. The molecule has 6 nitrogen and oxygen atoms in total. The van der Waals surface area contributed by atoms with Crippen molar-refractivity contribution in [1.82, 2.24) is 9.80 Å². The van der Waals surface area contributed by atoms with Crippen molar-refractivity contribution < 1.29 is 13.0 Å². The average Bonchev–Trinajstić information content (AvgIpc) is 2.42.